The van der Waals surface area contributed by atoms with Crippen LogP contribution in [-0.2, 0) is 9.53 Å². The van der Waals surface area contributed by atoms with E-state index in [0.29, 0.717) is 6.42 Å². The molecule has 0 bridgehead atoms. The summed E-state index contributed by atoms with van der Waals surface area (Å²) in [7, 11) is 0. The summed E-state index contributed by atoms with van der Waals surface area (Å²) in [5, 5.41) is 0. The van der Waals surface area contributed by atoms with E-state index in [9.17, 15) is 4.79 Å². The molecule has 23 heavy (non-hydrogen) atoms. The summed E-state index contributed by atoms with van der Waals surface area (Å²) < 4.78 is 5.88. The number of hydrogen-bond donors (Lipinski definition) is 0. The molecule has 1 saturated heterocycles. The lowest BCUT2D eigenvalue weighted by Gasteiger charge is -2.34. The van der Waals surface area contributed by atoms with Crippen LogP contribution in [0.2, 0.25) is 0 Å². The predicted molar refractivity (Wildman–Crippen MR) is 90.6 cm³/mol. The number of carbonyl (C=O) groups is 1. The number of amides is 1. The molecule has 3 rings (SSSR count). The minimum atomic E-state index is -0.266. The van der Waals surface area contributed by atoms with Crippen LogP contribution in [0.4, 0.5) is 0 Å². The van der Waals surface area contributed by atoms with E-state index in [-0.39, 0.29) is 18.1 Å². The summed E-state index contributed by atoms with van der Waals surface area (Å²) in [6.45, 7) is 4.49. The lowest BCUT2D eigenvalue weighted by molar-refractivity contribution is -0.132. The van der Waals surface area contributed by atoms with E-state index in [1.165, 1.54) is 6.26 Å². The molecular weight excluding hydrogens is 286 g/mol. The highest BCUT2D eigenvalue weighted by molar-refractivity contribution is 5.78. The largest absolute Gasteiger partial charge is 0.491 e. The Labute approximate surface area is 137 Å². The minimum absolute atomic E-state index is 0.147. The normalized spacial score (nSPS) is 16.9. The first kappa shape index (κ1) is 15.3. The van der Waals surface area contributed by atoms with Gasteiger partial charge >= 0.3 is 0 Å². The predicted octanol–water partition coefficient (Wildman–Crippen LogP) is 4.25. The van der Waals surface area contributed by atoms with Gasteiger partial charge in [-0.3, -0.25) is 4.79 Å². The van der Waals surface area contributed by atoms with Crippen molar-refractivity contribution in [2.24, 2.45) is 0 Å². The summed E-state index contributed by atoms with van der Waals surface area (Å²) in [6.07, 6.45) is 2.71. The van der Waals surface area contributed by atoms with E-state index in [2.05, 4.69) is 18.7 Å². The highest BCUT2D eigenvalue weighted by Gasteiger charge is 2.36. The Morgan fingerprint density at radius 2 is 1.61 bits per heavy atom. The van der Waals surface area contributed by atoms with Gasteiger partial charge in [-0.1, -0.05) is 67.2 Å². The van der Waals surface area contributed by atoms with Gasteiger partial charge in [-0.15, -0.1) is 0 Å². The maximum Gasteiger partial charge on any atom is 0.223 e. The minimum Gasteiger partial charge on any atom is -0.491 e. The summed E-state index contributed by atoms with van der Waals surface area (Å²) in [5.41, 5.74) is 2.12. The van der Waals surface area contributed by atoms with Gasteiger partial charge in [0.15, 0.2) is 0 Å². The molecule has 3 heteroatoms. The maximum absolute atomic E-state index is 12.4. The number of rotatable bonds is 6. The number of carbonyl (C=O) groups excluding carboxylic acids is 1. The van der Waals surface area contributed by atoms with E-state index in [4.69, 9.17) is 4.74 Å². The third-order valence-electron chi connectivity index (χ3n) is 4.24. The third kappa shape index (κ3) is 3.29. The van der Waals surface area contributed by atoms with Crippen molar-refractivity contribution in [1.82, 2.24) is 4.90 Å². The molecular formula is C20H21NO2. The fourth-order valence-corrected chi connectivity index (χ4v) is 3.21. The van der Waals surface area contributed by atoms with E-state index >= 15 is 0 Å². The van der Waals surface area contributed by atoms with Crippen LogP contribution >= 0.6 is 0 Å². The van der Waals surface area contributed by atoms with Gasteiger partial charge in [-0.25, -0.2) is 0 Å². The standard InChI is InChI=1S/C20H21NO2/c1-2-23-20(17-12-7-4-8-13-17)19(16-10-5-3-6-11-16)21-15-9-14-18(21)22/h2-8,10-13,19-20H,1,9,14-15H2/t19?,20-/m1/s1. The van der Waals surface area contributed by atoms with Crippen LogP contribution in [0.1, 0.15) is 36.1 Å². The monoisotopic (exact) mass is 307 g/mol. The molecule has 1 heterocycles. The fourth-order valence-electron chi connectivity index (χ4n) is 3.21. The van der Waals surface area contributed by atoms with Crippen molar-refractivity contribution in [3.8, 4) is 0 Å². The van der Waals surface area contributed by atoms with E-state index < -0.39 is 0 Å². The molecule has 2 aromatic rings. The number of ether oxygens (including phenoxy) is 1. The van der Waals surface area contributed by atoms with Crippen LogP contribution in [0.15, 0.2) is 73.5 Å². The molecule has 0 N–H and O–H groups in total. The first-order valence-electron chi connectivity index (χ1n) is 7.97. The molecule has 0 aliphatic carbocycles. The molecule has 1 fully saturated rings. The number of nitrogens with zero attached hydrogens (tertiary/aromatic N) is 1. The molecule has 0 saturated carbocycles. The zero-order chi connectivity index (χ0) is 16.1. The van der Waals surface area contributed by atoms with Crippen molar-refractivity contribution in [3.63, 3.8) is 0 Å². The third-order valence-corrected chi connectivity index (χ3v) is 4.24. The van der Waals surface area contributed by atoms with E-state index in [1.807, 2.05) is 53.4 Å². The van der Waals surface area contributed by atoms with Gasteiger partial charge in [-0.05, 0) is 17.5 Å². The van der Waals surface area contributed by atoms with Gasteiger partial charge in [0.2, 0.25) is 5.91 Å². The van der Waals surface area contributed by atoms with Crippen molar-refractivity contribution in [2.75, 3.05) is 6.54 Å². The zero-order valence-corrected chi connectivity index (χ0v) is 13.1. The number of hydrogen-bond acceptors (Lipinski definition) is 2. The van der Waals surface area contributed by atoms with Crippen LogP contribution in [0.25, 0.3) is 0 Å². The first-order valence-corrected chi connectivity index (χ1v) is 7.97. The lowest BCUT2D eigenvalue weighted by Crippen LogP contribution is -2.34. The highest BCUT2D eigenvalue weighted by atomic mass is 16.5. The molecule has 0 aromatic heterocycles. The van der Waals surface area contributed by atoms with Gasteiger partial charge < -0.3 is 9.64 Å². The summed E-state index contributed by atoms with van der Waals surface area (Å²) in [4.78, 5) is 14.3. The van der Waals surface area contributed by atoms with Crippen molar-refractivity contribution in [2.45, 2.75) is 25.0 Å². The van der Waals surface area contributed by atoms with E-state index in [0.717, 1.165) is 24.1 Å². The average molecular weight is 307 g/mol. The molecule has 2 atom stereocenters. The van der Waals surface area contributed by atoms with Crippen molar-refractivity contribution < 1.29 is 9.53 Å². The second kappa shape index (κ2) is 7.14. The summed E-state index contributed by atoms with van der Waals surface area (Å²) in [5.74, 6) is 0.187. The molecule has 118 valence electrons. The van der Waals surface area contributed by atoms with Crippen molar-refractivity contribution >= 4 is 5.91 Å². The van der Waals surface area contributed by atoms with Gasteiger partial charge in [0.05, 0.1) is 12.3 Å². The molecule has 1 aliphatic heterocycles. The Kier molecular flexibility index (Phi) is 4.77. The molecule has 0 radical (unpaired) electrons. The Balaban J connectivity index is 2.04. The topological polar surface area (TPSA) is 29.5 Å². The van der Waals surface area contributed by atoms with Crippen LogP contribution in [-0.4, -0.2) is 17.4 Å². The quantitative estimate of drug-likeness (QED) is 0.747. The zero-order valence-electron chi connectivity index (χ0n) is 13.1. The summed E-state index contributed by atoms with van der Waals surface area (Å²) >= 11 is 0. The average Bonchev–Trinajstić information content (AvgIpc) is 3.02. The number of likely N-dealkylation sites (tertiary alicyclic amines) is 1. The van der Waals surface area contributed by atoms with Gasteiger partial charge in [0.25, 0.3) is 0 Å². The van der Waals surface area contributed by atoms with Gasteiger partial charge in [0.1, 0.15) is 6.10 Å². The Morgan fingerprint density at radius 1 is 1.00 bits per heavy atom. The molecule has 0 spiro atoms. The lowest BCUT2D eigenvalue weighted by atomic mass is 9.94. The second-order valence-corrected chi connectivity index (χ2v) is 5.68. The van der Waals surface area contributed by atoms with Crippen LogP contribution < -0.4 is 0 Å². The van der Waals surface area contributed by atoms with Crippen LogP contribution in [0, 0.1) is 0 Å². The molecule has 1 unspecified atom stereocenters. The van der Waals surface area contributed by atoms with Gasteiger partial charge in [-0.2, -0.15) is 0 Å². The Bertz CT molecular complexity index is 654. The fraction of sp³-hybridized carbons (Fsp3) is 0.250. The molecule has 1 amide bonds. The first-order chi connectivity index (χ1) is 11.3. The van der Waals surface area contributed by atoms with E-state index in [1.54, 1.807) is 0 Å². The van der Waals surface area contributed by atoms with Crippen LogP contribution in [0.5, 0.6) is 0 Å². The number of benzene rings is 2. The maximum atomic E-state index is 12.4. The molecule has 2 aromatic carbocycles. The molecule has 1 aliphatic rings. The summed E-state index contributed by atoms with van der Waals surface area (Å²) in [6, 6.07) is 20.0. The van der Waals surface area contributed by atoms with Crippen LogP contribution in [0.3, 0.4) is 0 Å². The Hall–Kier alpha value is -2.55. The highest BCUT2D eigenvalue weighted by Crippen LogP contribution is 2.39. The smallest absolute Gasteiger partial charge is 0.223 e. The van der Waals surface area contributed by atoms with Gasteiger partial charge in [0, 0.05) is 13.0 Å². The van der Waals surface area contributed by atoms with Crippen molar-refractivity contribution in [3.05, 3.63) is 84.6 Å². The SMILES string of the molecule is C=CO[C@H](c1ccccc1)C(c1ccccc1)N1CCCC1=O. The second-order valence-electron chi connectivity index (χ2n) is 5.68. The molecule has 3 nitrogen and oxygen atoms in total. The van der Waals surface area contributed by atoms with Crippen molar-refractivity contribution in [1.29, 1.82) is 0 Å². The Morgan fingerprint density at radius 3 is 2.13 bits per heavy atom.